The first-order valence-electron chi connectivity index (χ1n) is 8.06. The molecular formula is C16H31NO. The number of hydrogen-bond acceptors (Lipinski definition) is 2. The Bertz CT molecular complexity index is 245. The second kappa shape index (κ2) is 6.38. The minimum absolute atomic E-state index is 0.350. The van der Waals surface area contributed by atoms with Crippen LogP contribution in [0.1, 0.15) is 71.6 Å². The number of rotatable bonds is 5. The van der Waals surface area contributed by atoms with Crippen LogP contribution in [0.15, 0.2) is 0 Å². The summed E-state index contributed by atoms with van der Waals surface area (Å²) in [7, 11) is 0. The highest BCUT2D eigenvalue weighted by molar-refractivity contribution is 5.06. The Morgan fingerprint density at radius 2 is 1.89 bits per heavy atom. The summed E-state index contributed by atoms with van der Waals surface area (Å²) >= 11 is 0. The van der Waals surface area contributed by atoms with Crippen molar-refractivity contribution in [1.29, 1.82) is 0 Å². The van der Waals surface area contributed by atoms with Crippen LogP contribution in [-0.2, 0) is 4.74 Å². The van der Waals surface area contributed by atoms with Crippen molar-refractivity contribution < 1.29 is 4.74 Å². The second-order valence-electron chi connectivity index (χ2n) is 6.71. The van der Waals surface area contributed by atoms with E-state index in [1.807, 2.05) is 0 Å². The van der Waals surface area contributed by atoms with Crippen LogP contribution in [0.3, 0.4) is 0 Å². The maximum absolute atomic E-state index is 6.33. The molecule has 0 aromatic heterocycles. The fraction of sp³-hybridized carbons (Fsp3) is 1.00. The second-order valence-corrected chi connectivity index (χ2v) is 6.71. The quantitative estimate of drug-likeness (QED) is 0.807. The van der Waals surface area contributed by atoms with Crippen LogP contribution >= 0.6 is 0 Å². The molecule has 18 heavy (non-hydrogen) atoms. The van der Waals surface area contributed by atoms with Crippen LogP contribution in [0.4, 0.5) is 0 Å². The van der Waals surface area contributed by atoms with E-state index in [-0.39, 0.29) is 0 Å². The van der Waals surface area contributed by atoms with Gasteiger partial charge in [-0.2, -0.15) is 0 Å². The first kappa shape index (κ1) is 14.3. The molecule has 0 aromatic rings. The first-order chi connectivity index (χ1) is 8.69. The lowest BCUT2D eigenvalue weighted by atomic mass is 9.58. The number of hydrogen-bond donors (Lipinski definition) is 1. The van der Waals surface area contributed by atoms with Crippen LogP contribution < -0.4 is 5.73 Å². The Kier molecular flexibility index (Phi) is 5.08. The van der Waals surface area contributed by atoms with Gasteiger partial charge in [-0.05, 0) is 31.6 Å². The zero-order chi connectivity index (χ0) is 13.0. The van der Waals surface area contributed by atoms with Crippen molar-refractivity contribution in [2.24, 2.45) is 17.1 Å². The summed E-state index contributed by atoms with van der Waals surface area (Å²) in [6.07, 6.45) is 12.2. The van der Waals surface area contributed by atoms with Crippen molar-refractivity contribution >= 4 is 0 Å². The Morgan fingerprint density at radius 1 is 1.22 bits per heavy atom. The highest BCUT2D eigenvalue weighted by Crippen LogP contribution is 2.51. The van der Waals surface area contributed by atoms with E-state index in [2.05, 4.69) is 13.8 Å². The molecule has 2 N–H and O–H groups in total. The molecule has 0 saturated heterocycles. The molecular weight excluding hydrogens is 222 g/mol. The lowest BCUT2D eigenvalue weighted by Crippen LogP contribution is -2.62. The molecule has 3 unspecified atom stereocenters. The lowest BCUT2D eigenvalue weighted by Gasteiger charge is -2.54. The molecule has 2 aliphatic rings. The minimum atomic E-state index is 0.350. The molecule has 0 bridgehead atoms. The summed E-state index contributed by atoms with van der Waals surface area (Å²) in [6.45, 7) is 5.50. The summed E-state index contributed by atoms with van der Waals surface area (Å²) in [4.78, 5) is 0. The third kappa shape index (κ3) is 2.91. The van der Waals surface area contributed by atoms with Gasteiger partial charge in [-0.3, -0.25) is 0 Å². The molecule has 2 fully saturated rings. The maximum Gasteiger partial charge on any atom is 0.0661 e. The summed E-state index contributed by atoms with van der Waals surface area (Å²) in [5, 5.41) is 0. The van der Waals surface area contributed by atoms with E-state index in [0.717, 1.165) is 13.0 Å². The fourth-order valence-corrected chi connectivity index (χ4v) is 3.95. The molecule has 0 heterocycles. The number of nitrogens with two attached hydrogens (primary N) is 1. The molecule has 2 heteroatoms. The Balaban J connectivity index is 1.85. The van der Waals surface area contributed by atoms with Crippen molar-refractivity contribution in [3.8, 4) is 0 Å². The van der Waals surface area contributed by atoms with E-state index < -0.39 is 0 Å². The zero-order valence-electron chi connectivity index (χ0n) is 12.3. The van der Waals surface area contributed by atoms with Crippen LogP contribution in [0.25, 0.3) is 0 Å². The van der Waals surface area contributed by atoms with Crippen molar-refractivity contribution in [3.05, 3.63) is 0 Å². The van der Waals surface area contributed by atoms with Gasteiger partial charge in [0.15, 0.2) is 0 Å². The van der Waals surface area contributed by atoms with Gasteiger partial charge < -0.3 is 10.5 Å². The minimum Gasteiger partial charge on any atom is -0.377 e. The highest BCUT2D eigenvalue weighted by atomic mass is 16.5. The van der Waals surface area contributed by atoms with E-state index in [4.69, 9.17) is 10.5 Å². The van der Waals surface area contributed by atoms with Crippen molar-refractivity contribution in [3.63, 3.8) is 0 Å². The number of ether oxygens (including phenoxy) is 1. The average molecular weight is 253 g/mol. The van der Waals surface area contributed by atoms with E-state index in [1.165, 1.54) is 51.4 Å². The largest absolute Gasteiger partial charge is 0.377 e. The van der Waals surface area contributed by atoms with E-state index >= 15 is 0 Å². The predicted octanol–water partition coefficient (Wildman–Crippen LogP) is 3.88. The molecule has 106 valence electrons. The van der Waals surface area contributed by atoms with E-state index in [9.17, 15) is 0 Å². The molecule has 0 amide bonds. The SMILES string of the molecule is CCCC(C)COC1CC(N)C12CCCCCC2. The van der Waals surface area contributed by atoms with Crippen molar-refractivity contribution in [2.75, 3.05) is 6.61 Å². The van der Waals surface area contributed by atoms with Gasteiger partial charge >= 0.3 is 0 Å². The molecule has 3 atom stereocenters. The van der Waals surface area contributed by atoms with Gasteiger partial charge in [0.05, 0.1) is 6.10 Å². The van der Waals surface area contributed by atoms with Gasteiger partial charge in [-0.15, -0.1) is 0 Å². The molecule has 2 nitrogen and oxygen atoms in total. The summed E-state index contributed by atoms with van der Waals surface area (Å²) in [5.74, 6) is 0.703. The molecule has 0 aromatic carbocycles. The van der Waals surface area contributed by atoms with Crippen LogP contribution in [0.5, 0.6) is 0 Å². The standard InChI is InChI=1S/C16H31NO/c1-3-8-13(2)12-18-15-11-14(17)16(15)9-6-4-5-7-10-16/h13-15H,3-12,17H2,1-2H3. The topological polar surface area (TPSA) is 35.2 Å². The summed E-state index contributed by atoms with van der Waals surface area (Å²) in [5.41, 5.74) is 6.68. The maximum atomic E-state index is 6.33. The zero-order valence-corrected chi connectivity index (χ0v) is 12.3. The fourth-order valence-electron chi connectivity index (χ4n) is 3.95. The summed E-state index contributed by atoms with van der Waals surface area (Å²) in [6, 6.07) is 0.405. The van der Waals surface area contributed by atoms with Gasteiger partial charge in [0.2, 0.25) is 0 Å². The monoisotopic (exact) mass is 253 g/mol. The smallest absolute Gasteiger partial charge is 0.0661 e. The Morgan fingerprint density at radius 3 is 2.44 bits per heavy atom. The average Bonchev–Trinajstić information content (AvgIpc) is 2.62. The van der Waals surface area contributed by atoms with Crippen LogP contribution in [0, 0.1) is 11.3 Å². The van der Waals surface area contributed by atoms with Crippen LogP contribution in [0.2, 0.25) is 0 Å². The molecule has 2 rings (SSSR count). The lowest BCUT2D eigenvalue weighted by molar-refractivity contribution is -0.141. The predicted molar refractivity (Wildman–Crippen MR) is 76.5 cm³/mol. The van der Waals surface area contributed by atoms with Crippen molar-refractivity contribution in [1.82, 2.24) is 0 Å². The van der Waals surface area contributed by atoms with Crippen molar-refractivity contribution in [2.45, 2.75) is 83.8 Å². The van der Waals surface area contributed by atoms with Gasteiger partial charge in [0.25, 0.3) is 0 Å². The Hall–Kier alpha value is -0.0800. The third-order valence-corrected chi connectivity index (χ3v) is 5.25. The highest BCUT2D eigenvalue weighted by Gasteiger charge is 2.53. The first-order valence-corrected chi connectivity index (χ1v) is 8.06. The van der Waals surface area contributed by atoms with Crippen LogP contribution in [-0.4, -0.2) is 18.8 Å². The third-order valence-electron chi connectivity index (χ3n) is 5.25. The van der Waals surface area contributed by atoms with Gasteiger partial charge in [-0.25, -0.2) is 0 Å². The molecule has 0 aliphatic heterocycles. The summed E-state index contributed by atoms with van der Waals surface area (Å²) < 4.78 is 6.23. The molecule has 2 aliphatic carbocycles. The van der Waals surface area contributed by atoms with E-state index in [1.54, 1.807) is 0 Å². The van der Waals surface area contributed by atoms with Gasteiger partial charge in [0, 0.05) is 18.1 Å². The molecule has 1 spiro atoms. The molecule has 2 saturated carbocycles. The van der Waals surface area contributed by atoms with Gasteiger partial charge in [-0.1, -0.05) is 46.0 Å². The Labute approximate surface area is 113 Å². The van der Waals surface area contributed by atoms with Gasteiger partial charge in [0.1, 0.15) is 0 Å². The molecule has 0 radical (unpaired) electrons. The normalized spacial score (nSPS) is 32.8. The van der Waals surface area contributed by atoms with E-state index in [0.29, 0.717) is 23.5 Å².